The van der Waals surface area contributed by atoms with E-state index in [2.05, 4.69) is 9.97 Å². The van der Waals surface area contributed by atoms with Crippen LogP contribution in [0.4, 0.5) is 0 Å². The van der Waals surface area contributed by atoms with Crippen LogP contribution in [0.5, 0.6) is 0 Å². The monoisotopic (exact) mass is 390 g/mol. The van der Waals surface area contributed by atoms with E-state index in [-0.39, 0.29) is 30.2 Å². The van der Waals surface area contributed by atoms with E-state index in [4.69, 9.17) is 10.1 Å². The number of hydrogen-bond acceptors (Lipinski definition) is 5. The zero-order valence-electron chi connectivity index (χ0n) is 16.3. The van der Waals surface area contributed by atoms with Crippen LogP contribution >= 0.6 is 0 Å². The van der Waals surface area contributed by atoms with E-state index in [1.807, 2.05) is 50.2 Å². The number of H-pyrrole nitrogens is 1. The number of aromatic amines is 1. The first kappa shape index (κ1) is 18.7. The van der Waals surface area contributed by atoms with Crippen molar-refractivity contribution in [3.8, 4) is 0 Å². The van der Waals surface area contributed by atoms with Crippen molar-refractivity contribution in [2.75, 3.05) is 6.54 Å². The highest BCUT2D eigenvalue weighted by molar-refractivity contribution is 6.23. The minimum absolute atomic E-state index is 0.117. The number of rotatable bonds is 5. The van der Waals surface area contributed by atoms with Gasteiger partial charge in [-0.1, -0.05) is 24.3 Å². The first-order valence-electron chi connectivity index (χ1n) is 9.43. The Balaban J connectivity index is 1.49. The number of hydrogen-bond donors (Lipinski definition) is 3. The Bertz CT molecular complexity index is 1080. The zero-order valence-corrected chi connectivity index (χ0v) is 16.3. The SMILES string of the molecule is CC(C)OC(=O)c1ccc(CN2CC(O)=C(c3nc4ccccc4[nH]3)C2=N)cc1. The molecule has 1 aliphatic rings. The number of ether oxygens (including phenoxy) is 1. The Kier molecular flexibility index (Phi) is 4.80. The third-order valence-corrected chi connectivity index (χ3v) is 4.71. The largest absolute Gasteiger partial charge is 0.510 e. The van der Waals surface area contributed by atoms with E-state index >= 15 is 0 Å². The topological polar surface area (TPSA) is 102 Å². The first-order valence-corrected chi connectivity index (χ1v) is 9.43. The summed E-state index contributed by atoms with van der Waals surface area (Å²) in [5.41, 5.74) is 3.48. The molecule has 0 bridgehead atoms. The van der Waals surface area contributed by atoms with Crippen LogP contribution in [0.1, 0.15) is 35.6 Å². The molecule has 4 rings (SSSR count). The molecule has 0 atom stereocenters. The van der Waals surface area contributed by atoms with Gasteiger partial charge < -0.3 is 19.7 Å². The molecule has 2 heterocycles. The van der Waals surface area contributed by atoms with Crippen molar-refractivity contribution in [1.29, 1.82) is 5.41 Å². The van der Waals surface area contributed by atoms with Gasteiger partial charge in [0.15, 0.2) is 0 Å². The summed E-state index contributed by atoms with van der Waals surface area (Å²) in [7, 11) is 0. The molecule has 7 nitrogen and oxygen atoms in total. The molecule has 3 aromatic rings. The summed E-state index contributed by atoms with van der Waals surface area (Å²) < 4.78 is 5.20. The minimum atomic E-state index is -0.355. The van der Waals surface area contributed by atoms with Crippen LogP contribution in [-0.4, -0.2) is 44.4 Å². The van der Waals surface area contributed by atoms with Crippen molar-refractivity contribution in [3.63, 3.8) is 0 Å². The van der Waals surface area contributed by atoms with Crippen molar-refractivity contribution >= 4 is 28.4 Å². The highest BCUT2D eigenvalue weighted by atomic mass is 16.5. The van der Waals surface area contributed by atoms with Crippen molar-refractivity contribution in [2.45, 2.75) is 26.5 Å². The molecular formula is C22H22N4O3. The number of carbonyl (C=O) groups excluding carboxylic acids is 1. The number of aliphatic hydroxyl groups is 1. The van der Waals surface area contributed by atoms with Crippen LogP contribution in [0.15, 0.2) is 54.3 Å². The molecular weight excluding hydrogens is 368 g/mol. The van der Waals surface area contributed by atoms with Crippen LogP contribution in [0.2, 0.25) is 0 Å². The Hall–Kier alpha value is -3.61. The van der Waals surface area contributed by atoms with Crippen molar-refractivity contribution in [3.05, 3.63) is 71.2 Å². The van der Waals surface area contributed by atoms with E-state index < -0.39 is 0 Å². The molecule has 29 heavy (non-hydrogen) atoms. The summed E-state index contributed by atoms with van der Waals surface area (Å²) in [4.78, 5) is 21.4. The number of aliphatic hydroxyl groups excluding tert-OH is 1. The summed E-state index contributed by atoms with van der Waals surface area (Å²) in [5.74, 6) is 0.464. The second kappa shape index (κ2) is 7.43. The minimum Gasteiger partial charge on any atom is -0.510 e. The summed E-state index contributed by atoms with van der Waals surface area (Å²) in [6.07, 6.45) is -0.169. The standard InChI is InChI=1S/C22H22N4O3/c1-13(2)29-22(28)15-9-7-14(8-10-15)11-26-12-18(27)19(20(26)23)21-24-16-5-3-4-6-17(16)25-21/h3-10,13,23,27H,11-12H2,1-2H3,(H,24,25). The average molecular weight is 390 g/mol. The molecule has 0 fully saturated rings. The number of benzene rings is 2. The third-order valence-electron chi connectivity index (χ3n) is 4.71. The number of para-hydroxylation sites is 2. The van der Waals surface area contributed by atoms with Gasteiger partial charge in [0, 0.05) is 6.54 Å². The van der Waals surface area contributed by atoms with Crippen LogP contribution in [0.3, 0.4) is 0 Å². The van der Waals surface area contributed by atoms with E-state index in [9.17, 15) is 9.90 Å². The summed E-state index contributed by atoms with van der Waals surface area (Å²) in [6.45, 7) is 4.29. The van der Waals surface area contributed by atoms with Gasteiger partial charge >= 0.3 is 5.97 Å². The van der Waals surface area contributed by atoms with Crippen LogP contribution in [0, 0.1) is 5.41 Å². The molecule has 0 saturated heterocycles. The quantitative estimate of drug-likeness (QED) is 0.574. The van der Waals surface area contributed by atoms with Gasteiger partial charge in [-0.05, 0) is 43.7 Å². The van der Waals surface area contributed by atoms with E-state index in [0.29, 0.717) is 23.5 Å². The normalized spacial score (nSPS) is 14.3. The van der Waals surface area contributed by atoms with Gasteiger partial charge in [-0.3, -0.25) is 5.41 Å². The number of nitrogens with one attached hydrogen (secondary N) is 2. The predicted molar refractivity (Wildman–Crippen MR) is 111 cm³/mol. The van der Waals surface area contributed by atoms with Crippen molar-refractivity contribution in [1.82, 2.24) is 14.9 Å². The molecule has 1 aliphatic heterocycles. The molecule has 0 saturated carbocycles. The predicted octanol–water partition coefficient (Wildman–Crippen LogP) is 3.89. The van der Waals surface area contributed by atoms with E-state index in [0.717, 1.165) is 16.6 Å². The lowest BCUT2D eigenvalue weighted by molar-refractivity contribution is 0.0378. The number of amidine groups is 1. The molecule has 0 unspecified atom stereocenters. The Morgan fingerprint density at radius 1 is 1.24 bits per heavy atom. The highest BCUT2D eigenvalue weighted by Crippen LogP contribution is 2.28. The smallest absolute Gasteiger partial charge is 0.338 e. The highest BCUT2D eigenvalue weighted by Gasteiger charge is 2.30. The molecule has 0 spiro atoms. The number of fused-ring (bicyclic) bond motifs is 1. The molecule has 1 aromatic heterocycles. The molecule has 2 aromatic carbocycles. The fraction of sp³-hybridized carbons (Fsp3) is 0.227. The van der Waals surface area contributed by atoms with E-state index in [1.165, 1.54) is 0 Å². The number of carbonyl (C=O) groups is 1. The maximum atomic E-state index is 12.0. The fourth-order valence-electron chi connectivity index (χ4n) is 3.34. The molecule has 7 heteroatoms. The lowest BCUT2D eigenvalue weighted by atomic mass is 10.1. The lowest BCUT2D eigenvalue weighted by Gasteiger charge is -2.18. The van der Waals surface area contributed by atoms with Crippen molar-refractivity contribution < 1.29 is 14.6 Å². The van der Waals surface area contributed by atoms with Gasteiger partial charge in [-0.2, -0.15) is 0 Å². The van der Waals surface area contributed by atoms with Crippen molar-refractivity contribution in [2.24, 2.45) is 0 Å². The fourth-order valence-corrected chi connectivity index (χ4v) is 3.34. The van der Waals surface area contributed by atoms with Crippen LogP contribution in [-0.2, 0) is 11.3 Å². The number of nitrogens with zero attached hydrogens (tertiary/aromatic N) is 2. The Morgan fingerprint density at radius 3 is 2.66 bits per heavy atom. The second-order valence-corrected chi connectivity index (χ2v) is 7.28. The summed E-state index contributed by atoms with van der Waals surface area (Å²) in [6, 6.07) is 14.7. The van der Waals surface area contributed by atoms with Crippen LogP contribution in [0.25, 0.3) is 16.6 Å². The van der Waals surface area contributed by atoms with Gasteiger partial charge in [0.2, 0.25) is 0 Å². The molecule has 0 aliphatic carbocycles. The lowest BCUT2D eigenvalue weighted by Crippen LogP contribution is -2.26. The molecule has 148 valence electrons. The third kappa shape index (κ3) is 3.71. The second-order valence-electron chi connectivity index (χ2n) is 7.28. The Labute approximate surface area is 168 Å². The Morgan fingerprint density at radius 2 is 1.97 bits per heavy atom. The van der Waals surface area contributed by atoms with Crippen LogP contribution < -0.4 is 0 Å². The van der Waals surface area contributed by atoms with Gasteiger partial charge in [0.25, 0.3) is 0 Å². The first-order chi connectivity index (χ1) is 13.9. The maximum absolute atomic E-state index is 12.0. The molecule has 3 N–H and O–H groups in total. The molecule has 0 radical (unpaired) electrons. The number of esters is 1. The average Bonchev–Trinajstić information content (AvgIpc) is 3.22. The zero-order chi connectivity index (χ0) is 20.5. The number of aromatic nitrogens is 2. The van der Waals surface area contributed by atoms with Gasteiger partial charge in [-0.25, -0.2) is 9.78 Å². The maximum Gasteiger partial charge on any atom is 0.338 e. The van der Waals surface area contributed by atoms with Gasteiger partial charge in [0.05, 0.1) is 34.8 Å². The van der Waals surface area contributed by atoms with Gasteiger partial charge in [0.1, 0.15) is 17.4 Å². The molecule has 0 amide bonds. The number of imidazole rings is 1. The van der Waals surface area contributed by atoms with Gasteiger partial charge in [-0.15, -0.1) is 0 Å². The summed E-state index contributed by atoms with van der Waals surface area (Å²) in [5, 5.41) is 19.0. The summed E-state index contributed by atoms with van der Waals surface area (Å²) >= 11 is 0. The van der Waals surface area contributed by atoms with E-state index in [1.54, 1.807) is 17.0 Å².